The van der Waals surface area contributed by atoms with E-state index in [4.69, 9.17) is 10.5 Å². The smallest absolute Gasteiger partial charge is 0.420 e. The monoisotopic (exact) mass is 297 g/mol. The molecule has 0 unspecified atom stereocenters. The molecule has 0 saturated heterocycles. The van der Waals surface area contributed by atoms with Gasteiger partial charge in [0.05, 0.1) is 17.1 Å². The molecule has 0 aliphatic rings. The van der Waals surface area contributed by atoms with Gasteiger partial charge in [0.2, 0.25) is 0 Å². The Bertz CT molecular complexity index is 379. The lowest BCUT2D eigenvalue weighted by Gasteiger charge is -2.15. The van der Waals surface area contributed by atoms with Crippen molar-refractivity contribution < 1.29 is 17.9 Å². The van der Waals surface area contributed by atoms with Crippen molar-refractivity contribution >= 4 is 15.9 Å². The van der Waals surface area contributed by atoms with Crippen LogP contribution in [0.5, 0.6) is 5.75 Å². The lowest BCUT2D eigenvalue weighted by molar-refractivity contribution is -0.138. The van der Waals surface area contributed by atoms with Crippen LogP contribution in [0.2, 0.25) is 0 Å². The molecule has 0 aliphatic heterocycles. The molecule has 0 saturated carbocycles. The van der Waals surface area contributed by atoms with Crippen molar-refractivity contribution in [2.24, 2.45) is 5.73 Å². The van der Waals surface area contributed by atoms with Crippen molar-refractivity contribution in [3.05, 3.63) is 27.7 Å². The summed E-state index contributed by atoms with van der Waals surface area (Å²) < 4.78 is 43.1. The summed E-state index contributed by atoms with van der Waals surface area (Å²) >= 11 is 3.05. The van der Waals surface area contributed by atoms with E-state index in [1.165, 1.54) is 7.11 Å². The van der Waals surface area contributed by atoms with Crippen LogP contribution in [0.15, 0.2) is 16.6 Å². The van der Waals surface area contributed by atoms with Crippen molar-refractivity contribution in [3.8, 4) is 5.75 Å². The van der Waals surface area contributed by atoms with Gasteiger partial charge in [0.25, 0.3) is 0 Å². The van der Waals surface area contributed by atoms with E-state index < -0.39 is 11.7 Å². The molecule has 0 fully saturated rings. The highest BCUT2D eigenvalue weighted by atomic mass is 79.9. The summed E-state index contributed by atoms with van der Waals surface area (Å²) in [4.78, 5) is 0. The lowest BCUT2D eigenvalue weighted by atomic mass is 10.1. The van der Waals surface area contributed by atoms with Crippen LogP contribution in [-0.4, -0.2) is 13.7 Å². The van der Waals surface area contributed by atoms with Gasteiger partial charge < -0.3 is 10.5 Å². The zero-order valence-corrected chi connectivity index (χ0v) is 10.2. The van der Waals surface area contributed by atoms with Gasteiger partial charge in [-0.3, -0.25) is 0 Å². The minimum Gasteiger partial charge on any atom is -0.495 e. The third kappa shape index (κ3) is 2.89. The van der Waals surface area contributed by atoms with E-state index in [0.717, 1.165) is 6.07 Å². The fourth-order valence-corrected chi connectivity index (χ4v) is 2.05. The zero-order valence-electron chi connectivity index (χ0n) is 8.57. The first-order chi connectivity index (χ1) is 7.40. The van der Waals surface area contributed by atoms with E-state index in [9.17, 15) is 13.2 Å². The summed E-state index contributed by atoms with van der Waals surface area (Å²) in [5.41, 5.74) is 5.06. The highest BCUT2D eigenvalue weighted by molar-refractivity contribution is 9.10. The molecule has 0 radical (unpaired) electrons. The van der Waals surface area contributed by atoms with E-state index in [2.05, 4.69) is 15.9 Å². The Hall–Kier alpha value is -0.750. The maximum Gasteiger partial charge on any atom is 0.420 e. The Balaban J connectivity index is 3.31. The maximum atomic E-state index is 12.7. The molecule has 1 aromatic rings. The number of hydrogen-bond acceptors (Lipinski definition) is 2. The summed E-state index contributed by atoms with van der Waals surface area (Å²) in [6.45, 7) is 0.302. The van der Waals surface area contributed by atoms with Crippen LogP contribution in [0, 0.1) is 0 Å². The number of halogens is 4. The maximum absolute atomic E-state index is 12.7. The number of hydrogen-bond donors (Lipinski definition) is 1. The molecule has 0 aliphatic carbocycles. The minimum absolute atomic E-state index is 0.201. The minimum atomic E-state index is -4.43. The molecule has 16 heavy (non-hydrogen) atoms. The fourth-order valence-electron chi connectivity index (χ4n) is 1.38. The van der Waals surface area contributed by atoms with Crippen molar-refractivity contribution in [3.63, 3.8) is 0 Å². The highest BCUT2D eigenvalue weighted by Gasteiger charge is 2.35. The second-order valence-electron chi connectivity index (χ2n) is 3.19. The Kier molecular flexibility index (Phi) is 4.21. The van der Waals surface area contributed by atoms with Crippen molar-refractivity contribution in [1.29, 1.82) is 0 Å². The SMILES string of the molecule is COc1c(Br)cc(CCN)cc1C(F)(F)F. The topological polar surface area (TPSA) is 35.2 Å². The van der Waals surface area contributed by atoms with E-state index in [0.29, 0.717) is 18.5 Å². The van der Waals surface area contributed by atoms with Gasteiger partial charge in [-0.25, -0.2) is 0 Å². The third-order valence-electron chi connectivity index (χ3n) is 2.05. The van der Waals surface area contributed by atoms with Crippen LogP contribution < -0.4 is 10.5 Å². The average Bonchev–Trinajstić information content (AvgIpc) is 2.16. The van der Waals surface area contributed by atoms with Crippen molar-refractivity contribution in [1.82, 2.24) is 0 Å². The number of methoxy groups -OCH3 is 1. The Morgan fingerprint density at radius 3 is 2.44 bits per heavy atom. The molecule has 0 spiro atoms. The van der Waals surface area contributed by atoms with Gasteiger partial charge in [-0.2, -0.15) is 13.2 Å². The van der Waals surface area contributed by atoms with E-state index in [1.807, 2.05) is 0 Å². The van der Waals surface area contributed by atoms with Crippen LogP contribution in [0.3, 0.4) is 0 Å². The Labute approximate surface area is 99.7 Å². The first kappa shape index (κ1) is 13.3. The molecule has 0 atom stereocenters. The van der Waals surface area contributed by atoms with Gasteiger partial charge in [-0.05, 0) is 46.6 Å². The van der Waals surface area contributed by atoms with Crippen molar-refractivity contribution in [2.75, 3.05) is 13.7 Å². The van der Waals surface area contributed by atoms with Gasteiger partial charge in [-0.15, -0.1) is 0 Å². The Morgan fingerprint density at radius 2 is 2.00 bits per heavy atom. The number of benzene rings is 1. The fraction of sp³-hybridized carbons (Fsp3) is 0.400. The molecule has 6 heteroatoms. The number of nitrogens with two attached hydrogens (primary N) is 1. The standard InChI is InChI=1S/C10H11BrF3NO/c1-16-9-7(10(12,13)14)4-6(2-3-15)5-8(9)11/h4-5H,2-3,15H2,1H3. The summed E-state index contributed by atoms with van der Waals surface area (Å²) in [5.74, 6) is -0.201. The largest absolute Gasteiger partial charge is 0.495 e. The zero-order chi connectivity index (χ0) is 12.3. The second kappa shape index (κ2) is 5.05. The lowest BCUT2D eigenvalue weighted by Crippen LogP contribution is -2.10. The third-order valence-corrected chi connectivity index (χ3v) is 2.63. The van der Waals surface area contributed by atoms with Gasteiger partial charge in [-0.1, -0.05) is 0 Å². The van der Waals surface area contributed by atoms with Gasteiger partial charge >= 0.3 is 6.18 Å². The molecule has 90 valence electrons. The van der Waals surface area contributed by atoms with E-state index in [-0.39, 0.29) is 10.2 Å². The van der Waals surface area contributed by atoms with Crippen LogP contribution in [-0.2, 0) is 12.6 Å². The summed E-state index contributed by atoms with van der Waals surface area (Å²) in [6, 6.07) is 2.65. The molecule has 2 N–H and O–H groups in total. The first-order valence-corrected chi connectivity index (χ1v) is 5.33. The average molecular weight is 298 g/mol. The number of ether oxygens (including phenoxy) is 1. The predicted octanol–water partition coefficient (Wildman–Crippen LogP) is 2.98. The highest BCUT2D eigenvalue weighted by Crippen LogP contribution is 2.41. The summed E-state index contributed by atoms with van der Waals surface area (Å²) in [7, 11) is 1.21. The predicted molar refractivity (Wildman–Crippen MR) is 58.5 cm³/mol. The molecule has 1 aromatic carbocycles. The van der Waals surface area contributed by atoms with E-state index in [1.54, 1.807) is 6.07 Å². The molecule has 0 aromatic heterocycles. The Morgan fingerprint density at radius 1 is 1.38 bits per heavy atom. The first-order valence-electron chi connectivity index (χ1n) is 4.53. The molecule has 0 bridgehead atoms. The normalized spacial score (nSPS) is 11.6. The quantitative estimate of drug-likeness (QED) is 0.931. The second-order valence-corrected chi connectivity index (χ2v) is 4.05. The van der Waals surface area contributed by atoms with Crippen LogP contribution in [0.25, 0.3) is 0 Å². The molecule has 2 nitrogen and oxygen atoms in total. The molecule has 1 rings (SSSR count). The molecular formula is C10H11BrF3NO. The van der Waals surface area contributed by atoms with Gasteiger partial charge in [0, 0.05) is 0 Å². The summed E-state index contributed by atoms with van der Waals surface area (Å²) in [6.07, 6.45) is -4.04. The van der Waals surface area contributed by atoms with Gasteiger partial charge in [0.1, 0.15) is 5.75 Å². The van der Waals surface area contributed by atoms with Crippen LogP contribution in [0.4, 0.5) is 13.2 Å². The van der Waals surface area contributed by atoms with Gasteiger partial charge in [0.15, 0.2) is 0 Å². The molecular weight excluding hydrogens is 287 g/mol. The molecule has 0 heterocycles. The summed E-state index contributed by atoms with van der Waals surface area (Å²) in [5, 5.41) is 0. The van der Waals surface area contributed by atoms with Crippen LogP contribution >= 0.6 is 15.9 Å². The van der Waals surface area contributed by atoms with E-state index >= 15 is 0 Å². The number of rotatable bonds is 3. The number of alkyl halides is 3. The van der Waals surface area contributed by atoms with Crippen LogP contribution in [0.1, 0.15) is 11.1 Å². The molecule has 0 amide bonds. The van der Waals surface area contributed by atoms with Crippen molar-refractivity contribution in [2.45, 2.75) is 12.6 Å².